The average molecular weight is 381 g/mol. The molecule has 0 N–H and O–H groups in total. The zero-order valence-electron chi connectivity index (χ0n) is 18.3. The Morgan fingerprint density at radius 1 is 1.15 bits per heavy atom. The van der Waals surface area contributed by atoms with Crippen molar-refractivity contribution in [1.29, 1.82) is 0 Å². The highest BCUT2D eigenvalue weighted by Crippen LogP contribution is 2.39. The SMILES string of the molecule is C/C=C/C=C/C[C@@H](C)[C@H](O[Si](C)(C)C(C)(C)C)[C@@H](C)/C=C/C(=O)OCC. The standard InChI is InChI=1S/C22H40O3Si/c1-10-12-13-14-15-18(3)21(25-26(8,9)22(5,6)7)19(4)16-17-20(23)24-11-2/h10,12-14,16-19,21H,11,15H2,1-9H3/b12-10+,14-13+,17-16+/t18-,19+,21+/m1/s1. The molecule has 0 bridgehead atoms. The first-order valence-electron chi connectivity index (χ1n) is 9.76. The molecule has 4 heteroatoms. The van der Waals surface area contributed by atoms with Crippen LogP contribution >= 0.6 is 0 Å². The molecular weight excluding hydrogens is 340 g/mol. The van der Waals surface area contributed by atoms with Crippen molar-refractivity contribution >= 4 is 14.3 Å². The summed E-state index contributed by atoms with van der Waals surface area (Å²) in [4.78, 5) is 11.7. The van der Waals surface area contributed by atoms with Crippen LogP contribution < -0.4 is 0 Å². The lowest BCUT2D eigenvalue weighted by molar-refractivity contribution is -0.137. The quantitative estimate of drug-likeness (QED) is 0.193. The minimum Gasteiger partial charge on any atom is -0.463 e. The summed E-state index contributed by atoms with van der Waals surface area (Å²) < 4.78 is 11.8. The van der Waals surface area contributed by atoms with Gasteiger partial charge in [0.05, 0.1) is 12.7 Å². The highest BCUT2D eigenvalue weighted by Gasteiger charge is 2.40. The van der Waals surface area contributed by atoms with Crippen LogP contribution in [-0.2, 0) is 14.0 Å². The van der Waals surface area contributed by atoms with Crippen molar-refractivity contribution in [3.05, 3.63) is 36.5 Å². The highest BCUT2D eigenvalue weighted by atomic mass is 28.4. The molecule has 0 saturated heterocycles. The van der Waals surface area contributed by atoms with Gasteiger partial charge in [0.1, 0.15) is 0 Å². The fourth-order valence-electron chi connectivity index (χ4n) is 2.41. The van der Waals surface area contributed by atoms with Crippen LogP contribution in [0.5, 0.6) is 0 Å². The van der Waals surface area contributed by atoms with Crippen LogP contribution in [0.1, 0.15) is 54.9 Å². The molecule has 0 aliphatic rings. The van der Waals surface area contributed by atoms with Crippen molar-refractivity contribution in [2.24, 2.45) is 11.8 Å². The first-order valence-corrected chi connectivity index (χ1v) is 12.7. The third-order valence-corrected chi connectivity index (χ3v) is 9.56. The van der Waals surface area contributed by atoms with Crippen molar-refractivity contribution in [3.63, 3.8) is 0 Å². The molecule has 0 amide bonds. The van der Waals surface area contributed by atoms with Crippen LogP contribution in [0.15, 0.2) is 36.5 Å². The number of rotatable bonds is 10. The van der Waals surface area contributed by atoms with Gasteiger partial charge in [0.25, 0.3) is 0 Å². The van der Waals surface area contributed by atoms with Crippen LogP contribution in [0.25, 0.3) is 0 Å². The molecule has 0 rings (SSSR count). The monoisotopic (exact) mass is 380 g/mol. The third kappa shape index (κ3) is 8.99. The number of carbonyl (C=O) groups excluding carboxylic acids is 1. The second-order valence-corrected chi connectivity index (χ2v) is 13.2. The molecule has 0 radical (unpaired) electrons. The van der Waals surface area contributed by atoms with Crippen LogP contribution in [0, 0.1) is 11.8 Å². The maximum Gasteiger partial charge on any atom is 0.330 e. The van der Waals surface area contributed by atoms with Gasteiger partial charge >= 0.3 is 5.97 Å². The Hall–Kier alpha value is -1.13. The van der Waals surface area contributed by atoms with Gasteiger partial charge in [-0.1, -0.05) is 65.0 Å². The summed E-state index contributed by atoms with van der Waals surface area (Å²) in [6, 6.07) is 0. The third-order valence-electron chi connectivity index (χ3n) is 5.09. The van der Waals surface area contributed by atoms with Gasteiger partial charge in [-0.15, -0.1) is 0 Å². The lowest BCUT2D eigenvalue weighted by atomic mass is 9.90. The molecule has 0 aromatic heterocycles. The first kappa shape index (κ1) is 24.9. The summed E-state index contributed by atoms with van der Waals surface area (Å²) >= 11 is 0. The minimum absolute atomic E-state index is 0.0665. The molecule has 150 valence electrons. The molecule has 0 aliphatic carbocycles. The van der Waals surface area contributed by atoms with Crippen LogP contribution in [0.2, 0.25) is 18.1 Å². The Morgan fingerprint density at radius 3 is 2.27 bits per heavy atom. The van der Waals surface area contributed by atoms with Crippen LogP contribution in [-0.4, -0.2) is 27.0 Å². The van der Waals surface area contributed by atoms with Crippen LogP contribution in [0.4, 0.5) is 0 Å². The van der Waals surface area contributed by atoms with Crippen molar-refractivity contribution in [1.82, 2.24) is 0 Å². The molecule has 0 fully saturated rings. The predicted molar refractivity (Wildman–Crippen MR) is 115 cm³/mol. The maximum absolute atomic E-state index is 11.7. The van der Waals surface area contributed by atoms with Crippen LogP contribution in [0.3, 0.4) is 0 Å². The molecule has 0 spiro atoms. The van der Waals surface area contributed by atoms with Gasteiger partial charge in [0.2, 0.25) is 0 Å². The number of esters is 1. The normalized spacial score (nSPS) is 17.1. The van der Waals surface area contributed by atoms with Crippen molar-refractivity contribution in [2.45, 2.75) is 79.1 Å². The molecule has 0 aromatic rings. The molecule has 0 aliphatic heterocycles. The average Bonchev–Trinajstić information content (AvgIpc) is 2.53. The summed E-state index contributed by atoms with van der Waals surface area (Å²) in [6.45, 7) is 19.9. The van der Waals surface area contributed by atoms with E-state index in [4.69, 9.17) is 9.16 Å². The second kappa shape index (κ2) is 11.6. The van der Waals surface area contributed by atoms with Crippen molar-refractivity contribution < 1.29 is 14.0 Å². The van der Waals surface area contributed by atoms with E-state index in [1.54, 1.807) is 6.08 Å². The Morgan fingerprint density at radius 2 is 1.77 bits per heavy atom. The van der Waals surface area contributed by atoms with E-state index in [2.05, 4.69) is 59.9 Å². The Labute approximate surface area is 162 Å². The first-order chi connectivity index (χ1) is 12.0. The van der Waals surface area contributed by atoms with Gasteiger partial charge < -0.3 is 9.16 Å². The Bertz CT molecular complexity index is 498. The van der Waals surface area contributed by atoms with E-state index < -0.39 is 8.32 Å². The number of ether oxygens (including phenoxy) is 1. The van der Waals surface area contributed by atoms with Gasteiger partial charge in [-0.2, -0.15) is 0 Å². The second-order valence-electron chi connectivity index (χ2n) is 8.48. The topological polar surface area (TPSA) is 35.5 Å². The molecule has 0 heterocycles. The molecule has 0 aromatic carbocycles. The largest absolute Gasteiger partial charge is 0.463 e. The van der Waals surface area contributed by atoms with E-state index in [1.165, 1.54) is 0 Å². The summed E-state index contributed by atoms with van der Waals surface area (Å²) in [6.07, 6.45) is 12.8. The summed E-state index contributed by atoms with van der Waals surface area (Å²) in [5, 5.41) is 0.149. The zero-order valence-corrected chi connectivity index (χ0v) is 19.3. The molecule has 0 unspecified atom stereocenters. The molecule has 26 heavy (non-hydrogen) atoms. The Kier molecular flexibility index (Phi) is 11.0. The van der Waals surface area contributed by atoms with E-state index in [1.807, 2.05) is 32.1 Å². The number of carbonyl (C=O) groups is 1. The van der Waals surface area contributed by atoms with Gasteiger partial charge in [0, 0.05) is 6.08 Å². The number of hydrogen-bond acceptors (Lipinski definition) is 3. The minimum atomic E-state index is -1.91. The van der Waals surface area contributed by atoms with Crippen molar-refractivity contribution in [2.75, 3.05) is 6.61 Å². The lowest BCUT2D eigenvalue weighted by Crippen LogP contribution is -2.47. The summed E-state index contributed by atoms with van der Waals surface area (Å²) in [7, 11) is -1.91. The predicted octanol–water partition coefficient (Wildman–Crippen LogP) is 6.29. The van der Waals surface area contributed by atoms with Crippen molar-refractivity contribution in [3.8, 4) is 0 Å². The summed E-state index contributed by atoms with van der Waals surface area (Å²) in [5.74, 6) is 0.206. The molecule has 3 nitrogen and oxygen atoms in total. The van der Waals surface area contributed by atoms with E-state index in [0.29, 0.717) is 12.5 Å². The highest BCUT2D eigenvalue weighted by molar-refractivity contribution is 6.74. The zero-order chi connectivity index (χ0) is 20.4. The van der Waals surface area contributed by atoms with E-state index in [0.717, 1.165) is 6.42 Å². The molecule has 0 saturated carbocycles. The number of allylic oxidation sites excluding steroid dienone is 4. The Balaban J connectivity index is 5.35. The summed E-state index contributed by atoms with van der Waals surface area (Å²) in [5.41, 5.74) is 0. The van der Waals surface area contributed by atoms with E-state index >= 15 is 0 Å². The van der Waals surface area contributed by atoms with Gasteiger partial charge in [-0.25, -0.2) is 4.79 Å². The molecular formula is C22H40O3Si. The molecule has 3 atom stereocenters. The lowest BCUT2D eigenvalue weighted by Gasteiger charge is -2.42. The van der Waals surface area contributed by atoms with Gasteiger partial charge in [-0.05, 0) is 50.2 Å². The fourth-order valence-corrected chi connectivity index (χ4v) is 3.89. The number of hydrogen-bond donors (Lipinski definition) is 0. The maximum atomic E-state index is 11.7. The van der Waals surface area contributed by atoms with Gasteiger partial charge in [-0.3, -0.25) is 0 Å². The van der Waals surface area contributed by atoms with E-state index in [-0.39, 0.29) is 23.0 Å². The van der Waals surface area contributed by atoms with E-state index in [9.17, 15) is 4.79 Å². The fraction of sp³-hybridized carbons (Fsp3) is 0.682. The van der Waals surface area contributed by atoms with Gasteiger partial charge in [0.15, 0.2) is 8.32 Å². The smallest absolute Gasteiger partial charge is 0.330 e.